The number of anilines is 2. The zero-order chi connectivity index (χ0) is 38.9. The molecule has 294 valence electrons. The van der Waals surface area contributed by atoms with Gasteiger partial charge in [0.15, 0.2) is 5.82 Å². The third kappa shape index (κ3) is 5.05. The number of ether oxygens (including phenoxy) is 2. The number of carbonyl (C=O) groups is 1. The van der Waals surface area contributed by atoms with Crippen molar-refractivity contribution < 1.29 is 36.2 Å². The number of likely N-dealkylation sites (tertiary alicyclic amines) is 1. The van der Waals surface area contributed by atoms with Crippen LogP contribution in [0.15, 0.2) is 18.2 Å². The number of benzene rings is 2. The first-order chi connectivity index (χ1) is 26.8. The van der Waals surface area contributed by atoms with Crippen molar-refractivity contribution in [2.24, 2.45) is 16.7 Å². The van der Waals surface area contributed by atoms with Gasteiger partial charge in [-0.3, -0.25) is 9.69 Å². The van der Waals surface area contributed by atoms with E-state index in [1.807, 2.05) is 11.0 Å². The Morgan fingerprint density at radius 1 is 1.14 bits per heavy atom. The number of nitrogens with zero attached hydrogens (tertiary/aromatic N) is 6. The summed E-state index contributed by atoms with van der Waals surface area (Å²) in [6, 6.07) is 5.99. The van der Waals surface area contributed by atoms with Gasteiger partial charge >= 0.3 is 6.01 Å². The summed E-state index contributed by atoms with van der Waals surface area (Å²) in [5, 5.41) is 10.4. The molecule has 1 saturated carbocycles. The molecule has 2 aromatic carbocycles. The molecule has 6 fully saturated rings. The largest absolute Gasteiger partial charge is 0.461 e. The summed E-state index contributed by atoms with van der Waals surface area (Å²) in [6.07, 6.45) is 3.23. The predicted molar refractivity (Wildman–Crippen MR) is 200 cm³/mol. The van der Waals surface area contributed by atoms with Gasteiger partial charge in [-0.15, -0.1) is 11.3 Å². The summed E-state index contributed by atoms with van der Waals surface area (Å²) in [5.74, 6) is -5.85. The van der Waals surface area contributed by atoms with E-state index in [2.05, 4.69) is 9.88 Å². The van der Waals surface area contributed by atoms with Gasteiger partial charge in [0.2, 0.25) is 5.91 Å². The maximum absolute atomic E-state index is 17.3. The summed E-state index contributed by atoms with van der Waals surface area (Å²) < 4.78 is 88.2. The van der Waals surface area contributed by atoms with Crippen molar-refractivity contribution in [3.8, 4) is 23.2 Å². The van der Waals surface area contributed by atoms with Crippen LogP contribution >= 0.6 is 22.9 Å². The molecule has 5 saturated heterocycles. The number of hydrogen-bond acceptors (Lipinski definition) is 10. The molecule has 7 heterocycles. The first kappa shape index (κ1) is 36.3. The fourth-order valence-electron chi connectivity index (χ4n) is 10.5. The Hall–Kier alpha value is -4.04. The second-order valence-electron chi connectivity index (χ2n) is 16.6. The minimum absolute atomic E-state index is 0.00874. The summed E-state index contributed by atoms with van der Waals surface area (Å²) in [4.78, 5) is 28.6. The molecule has 1 aliphatic carbocycles. The lowest BCUT2D eigenvalue weighted by molar-refractivity contribution is -0.155. The number of hydrogen-bond donors (Lipinski definition) is 1. The number of nitriles is 1. The molecule has 56 heavy (non-hydrogen) atoms. The molecule has 17 heteroatoms. The van der Waals surface area contributed by atoms with Crippen LogP contribution in [0.2, 0.25) is 5.02 Å². The average Bonchev–Trinajstić information content (AvgIpc) is 3.71. The number of fused-ring (bicyclic) bond motifs is 4. The number of thiophene rings is 1. The van der Waals surface area contributed by atoms with Crippen molar-refractivity contribution in [2.45, 2.75) is 56.2 Å². The van der Waals surface area contributed by atoms with Crippen molar-refractivity contribution >= 4 is 60.7 Å². The molecule has 2 N–H and O–H groups in total. The number of amides is 1. The molecular weight excluding hydrogens is 777 g/mol. The summed E-state index contributed by atoms with van der Waals surface area (Å²) >= 11 is 7.82. The maximum atomic E-state index is 17.3. The van der Waals surface area contributed by atoms with Gasteiger partial charge in [-0.1, -0.05) is 24.1 Å². The molecule has 1 spiro atoms. The van der Waals surface area contributed by atoms with E-state index in [0.29, 0.717) is 31.9 Å². The van der Waals surface area contributed by atoms with E-state index >= 15 is 8.78 Å². The third-order valence-corrected chi connectivity index (χ3v) is 14.7. The normalized spacial score (nSPS) is 29.0. The van der Waals surface area contributed by atoms with E-state index in [9.17, 15) is 23.2 Å². The van der Waals surface area contributed by atoms with Gasteiger partial charge in [0.1, 0.15) is 46.4 Å². The van der Waals surface area contributed by atoms with E-state index in [1.165, 1.54) is 17.0 Å². The molecule has 4 atom stereocenters. The van der Waals surface area contributed by atoms with Gasteiger partial charge in [-0.25, -0.2) is 22.0 Å². The molecule has 2 aromatic heterocycles. The van der Waals surface area contributed by atoms with Crippen molar-refractivity contribution in [2.75, 3.05) is 69.7 Å². The minimum atomic E-state index is -3.08. The average molecular weight is 814 g/mol. The summed E-state index contributed by atoms with van der Waals surface area (Å²) in [6.45, 7) is 2.22. The van der Waals surface area contributed by atoms with Crippen molar-refractivity contribution in [3.05, 3.63) is 40.4 Å². The quantitative estimate of drug-likeness (QED) is 0.206. The van der Waals surface area contributed by atoms with E-state index in [1.54, 1.807) is 6.07 Å². The molecule has 0 unspecified atom stereocenters. The molecule has 1 amide bonds. The number of rotatable bonds is 6. The number of nitrogens with two attached hydrogens (primary N) is 1. The minimum Gasteiger partial charge on any atom is -0.461 e. The second kappa shape index (κ2) is 12.5. The van der Waals surface area contributed by atoms with Crippen LogP contribution < -0.4 is 15.4 Å². The molecule has 6 aliphatic rings. The van der Waals surface area contributed by atoms with Crippen molar-refractivity contribution in [1.82, 2.24) is 19.8 Å². The van der Waals surface area contributed by atoms with Crippen LogP contribution in [0, 0.1) is 39.7 Å². The Kier molecular flexibility index (Phi) is 8.09. The van der Waals surface area contributed by atoms with Gasteiger partial charge in [0, 0.05) is 60.9 Å². The Morgan fingerprint density at radius 2 is 1.96 bits per heavy atom. The fourth-order valence-corrected chi connectivity index (χ4v) is 11.8. The van der Waals surface area contributed by atoms with E-state index in [0.717, 1.165) is 50.0 Å². The molecule has 4 aromatic rings. The Bertz CT molecular complexity index is 2390. The van der Waals surface area contributed by atoms with Crippen LogP contribution in [0.4, 0.5) is 32.8 Å². The molecule has 10 rings (SSSR count). The van der Waals surface area contributed by atoms with E-state index in [-0.39, 0.29) is 86.6 Å². The van der Waals surface area contributed by atoms with Crippen LogP contribution in [0.25, 0.3) is 32.1 Å². The van der Waals surface area contributed by atoms with E-state index in [4.69, 9.17) is 31.8 Å². The SMILES string of the molecule is N#Cc1c(N)sc2c(F)ccc(-c3c(Cl)cc4c(N5CCCCC6(CN(C(=O)[C@]78COC[C@H]7C8(F)F)C6)C5)nc(OC[C@@]56CCCN5C[C@H](F)C6)nc4c3F)c12. The molecular formula is C39H37ClF5N7O3S. The number of alkyl halides is 3. The Morgan fingerprint density at radius 3 is 2.73 bits per heavy atom. The lowest BCUT2D eigenvalue weighted by Crippen LogP contribution is -2.64. The topological polar surface area (TPSA) is 121 Å². The molecule has 5 aliphatic heterocycles. The maximum Gasteiger partial charge on any atom is 0.319 e. The van der Waals surface area contributed by atoms with Crippen LogP contribution in [-0.2, 0) is 9.53 Å². The van der Waals surface area contributed by atoms with Crippen LogP contribution in [-0.4, -0.2) is 102 Å². The zero-order valence-corrected chi connectivity index (χ0v) is 31.7. The van der Waals surface area contributed by atoms with Crippen LogP contribution in [0.5, 0.6) is 6.01 Å². The standard InChI is InChI=1S/C39H37ClF5N7O3S/c40-24-10-22-30(29(43)28(24)21-4-5-25(42)31-27(21)23(12-46)32(47)56-31)48-35(55-18-37-7-3-9-52(37)13-20(41)11-37)49-33(22)50-8-2-1-6-36(15-50)16-51(17-36)34(53)38-19-54-14-26(38)39(38,44)45/h4-5,10,20,26H,1-3,6-9,11,13-19,47H2/t20-,26-,37+,38+/m1/s1. The second-order valence-corrected chi connectivity index (χ2v) is 18.1. The van der Waals surface area contributed by atoms with Crippen LogP contribution in [0.3, 0.4) is 0 Å². The highest BCUT2D eigenvalue weighted by Gasteiger charge is 2.88. The highest BCUT2D eigenvalue weighted by Crippen LogP contribution is 2.70. The number of nitrogen functional groups attached to an aromatic ring is 1. The molecule has 0 radical (unpaired) electrons. The lowest BCUT2D eigenvalue weighted by atomic mass is 9.75. The number of aromatic nitrogens is 2. The van der Waals surface area contributed by atoms with E-state index < -0.39 is 51.9 Å². The zero-order valence-electron chi connectivity index (χ0n) is 30.2. The smallest absolute Gasteiger partial charge is 0.319 e. The van der Waals surface area contributed by atoms with Gasteiger partial charge in [0.25, 0.3) is 5.92 Å². The van der Waals surface area contributed by atoms with Gasteiger partial charge in [-0.05, 0) is 49.9 Å². The number of carbonyl (C=O) groups excluding carboxylic acids is 1. The van der Waals surface area contributed by atoms with Crippen LogP contribution in [0.1, 0.15) is 44.1 Å². The Labute approximate surface area is 327 Å². The van der Waals surface area contributed by atoms with Crippen molar-refractivity contribution in [1.29, 1.82) is 5.26 Å². The predicted octanol–water partition coefficient (Wildman–Crippen LogP) is 6.95. The lowest BCUT2D eigenvalue weighted by Gasteiger charge is -2.52. The number of halogens is 6. The molecule has 0 bridgehead atoms. The van der Waals surface area contributed by atoms with Gasteiger partial charge in [0.05, 0.1) is 40.0 Å². The Balaban J connectivity index is 1.05. The third-order valence-electron chi connectivity index (χ3n) is 13.4. The fraction of sp³-hybridized carbons (Fsp3) is 0.538. The highest BCUT2D eigenvalue weighted by molar-refractivity contribution is 7.23. The highest BCUT2D eigenvalue weighted by atomic mass is 35.5. The first-order valence-electron chi connectivity index (χ1n) is 18.9. The van der Waals surface area contributed by atoms with Crippen molar-refractivity contribution in [3.63, 3.8) is 0 Å². The van der Waals surface area contributed by atoms with Gasteiger partial charge in [-0.2, -0.15) is 15.2 Å². The molecule has 10 nitrogen and oxygen atoms in total. The summed E-state index contributed by atoms with van der Waals surface area (Å²) in [5.41, 5.74) is 3.30. The van der Waals surface area contributed by atoms with Gasteiger partial charge < -0.3 is 25.0 Å². The summed E-state index contributed by atoms with van der Waals surface area (Å²) in [7, 11) is 0. The monoisotopic (exact) mass is 813 g/mol. The first-order valence-corrected chi connectivity index (χ1v) is 20.1.